The molecule has 0 bridgehead atoms. The van der Waals surface area contributed by atoms with Crippen molar-refractivity contribution in [3.63, 3.8) is 0 Å². The van der Waals surface area contributed by atoms with Crippen LogP contribution in [0.3, 0.4) is 0 Å². The molecule has 0 atom stereocenters. The molecule has 24 heavy (non-hydrogen) atoms. The Balaban J connectivity index is 1.67. The molecule has 1 fully saturated rings. The van der Waals surface area contributed by atoms with Crippen LogP contribution in [0.5, 0.6) is 0 Å². The maximum Gasteiger partial charge on any atom is 0.251 e. The molecular weight excluding hydrogens is 306 g/mol. The molecular formula is C18H21N3O3. The van der Waals surface area contributed by atoms with Crippen LogP contribution in [-0.4, -0.2) is 53.3 Å². The molecule has 0 unspecified atom stereocenters. The van der Waals surface area contributed by atoms with Crippen LogP contribution < -0.4 is 5.56 Å². The Morgan fingerprint density at radius 2 is 1.96 bits per heavy atom. The number of piperazine rings is 1. The molecule has 6 heteroatoms. The average molecular weight is 327 g/mol. The number of aromatic amines is 1. The minimum Gasteiger partial charge on any atom is -0.342 e. The standard InChI is InChI=1S/C18H21N3O3/c1-13-2-4-16-15(10-13)11-14(18(24)19-16)3-5-17(23)21-8-6-20(12-22)7-9-21/h2,4,10-12H,3,5-9H2,1H3,(H,19,24). The van der Waals surface area contributed by atoms with Crippen molar-refractivity contribution in [3.8, 4) is 0 Å². The van der Waals surface area contributed by atoms with Gasteiger partial charge in [0, 0.05) is 43.7 Å². The van der Waals surface area contributed by atoms with E-state index < -0.39 is 0 Å². The lowest BCUT2D eigenvalue weighted by Crippen LogP contribution is -2.48. The third-order valence-corrected chi connectivity index (χ3v) is 4.50. The van der Waals surface area contributed by atoms with Gasteiger partial charge in [0.05, 0.1) is 0 Å². The van der Waals surface area contributed by atoms with Gasteiger partial charge in [-0.05, 0) is 36.9 Å². The van der Waals surface area contributed by atoms with E-state index in [1.54, 1.807) is 9.80 Å². The van der Waals surface area contributed by atoms with Crippen LogP contribution in [0, 0.1) is 6.92 Å². The molecule has 126 valence electrons. The molecule has 0 saturated carbocycles. The summed E-state index contributed by atoms with van der Waals surface area (Å²) in [5, 5.41) is 0.983. The number of amides is 2. The molecule has 1 aromatic carbocycles. The lowest BCUT2D eigenvalue weighted by atomic mass is 10.1. The van der Waals surface area contributed by atoms with Gasteiger partial charge in [-0.2, -0.15) is 0 Å². The Hall–Kier alpha value is -2.63. The monoisotopic (exact) mass is 327 g/mol. The Morgan fingerprint density at radius 3 is 2.67 bits per heavy atom. The number of nitrogens with zero attached hydrogens (tertiary/aromatic N) is 2. The summed E-state index contributed by atoms with van der Waals surface area (Å²) in [6.45, 7) is 4.28. The number of benzene rings is 1. The lowest BCUT2D eigenvalue weighted by Gasteiger charge is -2.32. The highest BCUT2D eigenvalue weighted by Crippen LogP contribution is 2.14. The van der Waals surface area contributed by atoms with E-state index in [0.29, 0.717) is 44.6 Å². The highest BCUT2D eigenvalue weighted by Gasteiger charge is 2.20. The van der Waals surface area contributed by atoms with Crippen LogP contribution >= 0.6 is 0 Å². The van der Waals surface area contributed by atoms with Crippen molar-refractivity contribution in [2.45, 2.75) is 19.8 Å². The van der Waals surface area contributed by atoms with E-state index in [1.165, 1.54) is 0 Å². The van der Waals surface area contributed by atoms with Crippen molar-refractivity contribution in [2.24, 2.45) is 0 Å². The van der Waals surface area contributed by atoms with Crippen molar-refractivity contribution in [2.75, 3.05) is 26.2 Å². The molecule has 2 heterocycles. The minimum absolute atomic E-state index is 0.0317. The fraction of sp³-hybridized carbons (Fsp3) is 0.389. The first-order valence-corrected chi connectivity index (χ1v) is 8.16. The zero-order valence-corrected chi connectivity index (χ0v) is 13.7. The SMILES string of the molecule is Cc1ccc2[nH]c(=O)c(CCC(=O)N3CCN(C=O)CC3)cc2c1. The van der Waals surface area contributed by atoms with Gasteiger partial charge in [0.1, 0.15) is 0 Å². The van der Waals surface area contributed by atoms with E-state index in [4.69, 9.17) is 0 Å². The summed E-state index contributed by atoms with van der Waals surface area (Å²) in [4.78, 5) is 41.5. The van der Waals surface area contributed by atoms with Gasteiger partial charge in [-0.15, -0.1) is 0 Å². The molecule has 1 saturated heterocycles. The molecule has 2 aromatic rings. The number of hydrogen-bond donors (Lipinski definition) is 1. The topological polar surface area (TPSA) is 73.5 Å². The predicted molar refractivity (Wildman–Crippen MR) is 91.8 cm³/mol. The minimum atomic E-state index is -0.134. The maximum absolute atomic E-state index is 12.3. The number of H-pyrrole nitrogens is 1. The Labute approximate surface area is 140 Å². The summed E-state index contributed by atoms with van der Waals surface area (Å²) in [6.07, 6.45) is 1.55. The molecule has 0 radical (unpaired) electrons. The largest absolute Gasteiger partial charge is 0.342 e. The summed E-state index contributed by atoms with van der Waals surface area (Å²) in [5.41, 5.74) is 2.44. The summed E-state index contributed by atoms with van der Waals surface area (Å²) in [5.74, 6) is 0.0317. The number of carbonyl (C=O) groups excluding carboxylic acids is 2. The van der Waals surface area contributed by atoms with Gasteiger partial charge in [-0.3, -0.25) is 14.4 Å². The molecule has 6 nitrogen and oxygen atoms in total. The zero-order chi connectivity index (χ0) is 17.1. The van der Waals surface area contributed by atoms with Gasteiger partial charge < -0.3 is 14.8 Å². The molecule has 1 aliphatic rings. The third-order valence-electron chi connectivity index (χ3n) is 4.50. The number of aryl methyl sites for hydroxylation is 2. The van der Waals surface area contributed by atoms with Gasteiger partial charge in [0.25, 0.3) is 5.56 Å². The summed E-state index contributed by atoms with van der Waals surface area (Å²) in [7, 11) is 0. The van der Waals surface area contributed by atoms with E-state index in [-0.39, 0.29) is 11.5 Å². The van der Waals surface area contributed by atoms with Crippen molar-refractivity contribution in [1.82, 2.24) is 14.8 Å². The zero-order valence-electron chi connectivity index (χ0n) is 13.7. The first-order chi connectivity index (χ1) is 11.6. The quantitative estimate of drug-likeness (QED) is 0.854. The van der Waals surface area contributed by atoms with Gasteiger partial charge >= 0.3 is 0 Å². The summed E-state index contributed by atoms with van der Waals surface area (Å²) in [6, 6.07) is 7.75. The number of fused-ring (bicyclic) bond motifs is 1. The van der Waals surface area contributed by atoms with Crippen LogP contribution in [0.25, 0.3) is 10.9 Å². The summed E-state index contributed by atoms with van der Waals surface area (Å²) >= 11 is 0. The lowest BCUT2D eigenvalue weighted by molar-refractivity contribution is -0.135. The maximum atomic E-state index is 12.3. The average Bonchev–Trinajstić information content (AvgIpc) is 2.60. The second-order valence-corrected chi connectivity index (χ2v) is 6.24. The Bertz CT molecular complexity index is 820. The van der Waals surface area contributed by atoms with Crippen LogP contribution in [0.1, 0.15) is 17.5 Å². The fourth-order valence-electron chi connectivity index (χ4n) is 3.03. The van der Waals surface area contributed by atoms with E-state index >= 15 is 0 Å². The Morgan fingerprint density at radius 1 is 1.21 bits per heavy atom. The van der Waals surface area contributed by atoms with Crippen LogP contribution in [0.15, 0.2) is 29.1 Å². The highest BCUT2D eigenvalue weighted by atomic mass is 16.2. The number of carbonyl (C=O) groups is 2. The molecule has 0 spiro atoms. The second-order valence-electron chi connectivity index (χ2n) is 6.24. The number of rotatable bonds is 4. The van der Waals surface area contributed by atoms with E-state index in [9.17, 15) is 14.4 Å². The smallest absolute Gasteiger partial charge is 0.251 e. The van der Waals surface area contributed by atoms with Gasteiger partial charge in [-0.1, -0.05) is 11.6 Å². The third kappa shape index (κ3) is 3.48. The number of nitrogens with one attached hydrogen (secondary N) is 1. The number of pyridine rings is 1. The molecule has 2 amide bonds. The van der Waals surface area contributed by atoms with Crippen LogP contribution in [0.4, 0.5) is 0 Å². The number of aromatic nitrogens is 1. The first kappa shape index (κ1) is 16.2. The van der Waals surface area contributed by atoms with Gasteiger partial charge in [0.2, 0.25) is 12.3 Å². The van der Waals surface area contributed by atoms with Crippen molar-refractivity contribution in [3.05, 3.63) is 45.7 Å². The molecule has 3 rings (SSSR count). The second kappa shape index (κ2) is 6.86. The Kier molecular flexibility index (Phi) is 4.64. The van der Waals surface area contributed by atoms with Crippen molar-refractivity contribution in [1.29, 1.82) is 0 Å². The van der Waals surface area contributed by atoms with Gasteiger partial charge in [0.15, 0.2) is 0 Å². The highest BCUT2D eigenvalue weighted by molar-refractivity contribution is 5.80. The predicted octanol–water partition coefficient (Wildman–Crippen LogP) is 1.07. The van der Waals surface area contributed by atoms with Crippen LogP contribution in [-0.2, 0) is 16.0 Å². The molecule has 0 aliphatic carbocycles. The van der Waals surface area contributed by atoms with E-state index in [0.717, 1.165) is 22.9 Å². The normalized spacial score (nSPS) is 14.9. The first-order valence-electron chi connectivity index (χ1n) is 8.16. The van der Waals surface area contributed by atoms with Crippen LogP contribution in [0.2, 0.25) is 0 Å². The van der Waals surface area contributed by atoms with Gasteiger partial charge in [-0.25, -0.2) is 0 Å². The number of hydrogen-bond acceptors (Lipinski definition) is 3. The fourth-order valence-corrected chi connectivity index (χ4v) is 3.03. The molecule has 1 N–H and O–H groups in total. The van der Waals surface area contributed by atoms with E-state index in [1.807, 2.05) is 31.2 Å². The van der Waals surface area contributed by atoms with Crippen molar-refractivity contribution < 1.29 is 9.59 Å². The van der Waals surface area contributed by atoms with E-state index in [2.05, 4.69) is 4.98 Å². The van der Waals surface area contributed by atoms with Crippen molar-refractivity contribution >= 4 is 23.2 Å². The summed E-state index contributed by atoms with van der Waals surface area (Å²) < 4.78 is 0. The molecule has 1 aromatic heterocycles. The molecule has 1 aliphatic heterocycles.